The van der Waals surface area contributed by atoms with E-state index in [0.717, 1.165) is 16.7 Å². The van der Waals surface area contributed by atoms with Gasteiger partial charge in [0.25, 0.3) is 11.6 Å². The van der Waals surface area contributed by atoms with Gasteiger partial charge in [0.05, 0.1) is 29.6 Å². The lowest BCUT2D eigenvalue weighted by Gasteiger charge is -2.08. The number of hydrogen-bond donors (Lipinski definition) is 0. The summed E-state index contributed by atoms with van der Waals surface area (Å²) in [6.07, 6.45) is -1.35. The minimum Gasteiger partial charge on any atom is -0.269 e. The van der Waals surface area contributed by atoms with Crippen molar-refractivity contribution in [2.24, 2.45) is 4.99 Å². The molecule has 1 aliphatic heterocycles. The Kier molecular flexibility index (Phi) is 5.00. The highest BCUT2D eigenvalue weighted by Crippen LogP contribution is 2.30. The molecule has 0 radical (unpaired) electrons. The molecule has 10 heteroatoms. The van der Waals surface area contributed by atoms with Crippen molar-refractivity contribution in [2.45, 2.75) is 39.0 Å². The Morgan fingerprint density at radius 1 is 1.23 bits per heavy atom. The summed E-state index contributed by atoms with van der Waals surface area (Å²) in [6.45, 7) is 2.20. The van der Waals surface area contributed by atoms with Crippen LogP contribution in [0.5, 0.6) is 0 Å². The van der Waals surface area contributed by atoms with Crippen molar-refractivity contribution in [1.29, 1.82) is 0 Å². The zero-order valence-electron chi connectivity index (χ0n) is 15.9. The van der Waals surface area contributed by atoms with E-state index >= 15 is 0 Å². The first-order valence-corrected chi connectivity index (χ1v) is 9.32. The largest absolute Gasteiger partial charge is 0.416 e. The van der Waals surface area contributed by atoms with E-state index in [2.05, 4.69) is 15.1 Å². The van der Waals surface area contributed by atoms with Crippen LogP contribution < -0.4 is 5.56 Å². The standard InChI is InChI=1S/C20H17F4N5O/c1-2-6-29-18(30)15-8-16(26-17(15)27-19(29)21)13-9-25-28(11-13)10-12-4-3-5-14(7-12)20(22,23)24/h3-5,7,9,11H,2,6,8,10H2,1H3. The fraction of sp³-hybridized carbons (Fsp3) is 0.300. The van der Waals surface area contributed by atoms with Crippen LogP contribution in [0.15, 0.2) is 46.4 Å². The third kappa shape index (κ3) is 3.77. The van der Waals surface area contributed by atoms with E-state index in [4.69, 9.17) is 0 Å². The monoisotopic (exact) mass is 419 g/mol. The van der Waals surface area contributed by atoms with Crippen molar-refractivity contribution in [3.63, 3.8) is 0 Å². The lowest BCUT2D eigenvalue weighted by atomic mass is 10.1. The van der Waals surface area contributed by atoms with E-state index in [1.54, 1.807) is 12.3 Å². The molecule has 1 aromatic carbocycles. The first-order valence-electron chi connectivity index (χ1n) is 9.32. The van der Waals surface area contributed by atoms with E-state index in [9.17, 15) is 22.4 Å². The number of fused-ring (bicyclic) bond motifs is 1. The molecule has 0 atom stereocenters. The van der Waals surface area contributed by atoms with Crippen molar-refractivity contribution >= 4 is 11.5 Å². The quantitative estimate of drug-likeness (QED) is 0.468. The van der Waals surface area contributed by atoms with Crippen LogP contribution in [0, 0.1) is 6.08 Å². The third-order valence-corrected chi connectivity index (χ3v) is 4.79. The summed E-state index contributed by atoms with van der Waals surface area (Å²) < 4.78 is 55.2. The Morgan fingerprint density at radius 3 is 2.77 bits per heavy atom. The second kappa shape index (κ2) is 7.51. The SMILES string of the molecule is CCCn1c(F)nc2c(c1=O)CC(c1cnn(Cc3cccc(C(F)(F)F)c3)c1)=N2. The minimum absolute atomic E-state index is 0.0606. The molecule has 0 aliphatic carbocycles. The summed E-state index contributed by atoms with van der Waals surface area (Å²) in [6, 6.07) is 5.03. The third-order valence-electron chi connectivity index (χ3n) is 4.79. The van der Waals surface area contributed by atoms with Crippen LogP contribution in [0.25, 0.3) is 0 Å². The molecule has 0 saturated heterocycles. The van der Waals surface area contributed by atoms with Gasteiger partial charge in [-0.15, -0.1) is 0 Å². The molecule has 6 nitrogen and oxygen atoms in total. The fourth-order valence-corrected chi connectivity index (χ4v) is 3.36. The molecule has 3 aromatic rings. The van der Waals surface area contributed by atoms with Crippen molar-refractivity contribution in [3.05, 3.63) is 75.3 Å². The molecule has 0 fully saturated rings. The summed E-state index contributed by atoms with van der Waals surface area (Å²) in [4.78, 5) is 20.6. The van der Waals surface area contributed by atoms with Gasteiger partial charge in [0.2, 0.25) is 0 Å². The van der Waals surface area contributed by atoms with Crippen LogP contribution in [0.4, 0.5) is 23.4 Å². The van der Waals surface area contributed by atoms with Gasteiger partial charge in [-0.2, -0.15) is 27.6 Å². The van der Waals surface area contributed by atoms with E-state index in [1.165, 1.54) is 16.9 Å². The van der Waals surface area contributed by atoms with Gasteiger partial charge in [0.15, 0.2) is 5.82 Å². The first-order chi connectivity index (χ1) is 14.3. The molecular weight excluding hydrogens is 402 g/mol. The highest BCUT2D eigenvalue weighted by molar-refractivity contribution is 6.05. The Morgan fingerprint density at radius 2 is 2.03 bits per heavy atom. The van der Waals surface area contributed by atoms with Crippen molar-refractivity contribution < 1.29 is 17.6 Å². The number of rotatable bonds is 5. The van der Waals surface area contributed by atoms with Crippen LogP contribution in [0.3, 0.4) is 0 Å². The molecule has 0 spiro atoms. The van der Waals surface area contributed by atoms with Gasteiger partial charge in [-0.3, -0.25) is 14.0 Å². The lowest BCUT2D eigenvalue weighted by molar-refractivity contribution is -0.137. The number of benzene rings is 1. The Hall–Kier alpha value is -3.30. The molecule has 2 aromatic heterocycles. The Balaban J connectivity index is 1.56. The number of alkyl halides is 3. The predicted molar refractivity (Wildman–Crippen MR) is 101 cm³/mol. The topological polar surface area (TPSA) is 65.1 Å². The number of aliphatic imine (C=N–C) groups is 1. The lowest BCUT2D eigenvalue weighted by Crippen LogP contribution is -2.27. The average molecular weight is 419 g/mol. The van der Waals surface area contributed by atoms with E-state index in [0.29, 0.717) is 28.8 Å². The van der Waals surface area contributed by atoms with Crippen molar-refractivity contribution in [3.8, 4) is 0 Å². The molecule has 156 valence electrons. The molecular formula is C20H17F4N5O. The second-order valence-corrected chi connectivity index (χ2v) is 7.00. The maximum atomic E-state index is 14.1. The zero-order chi connectivity index (χ0) is 21.5. The molecule has 0 bridgehead atoms. The van der Waals surface area contributed by atoms with Crippen LogP contribution in [-0.4, -0.2) is 25.0 Å². The van der Waals surface area contributed by atoms with Gasteiger partial charge >= 0.3 is 6.18 Å². The maximum Gasteiger partial charge on any atom is 0.416 e. The summed E-state index contributed by atoms with van der Waals surface area (Å²) in [7, 11) is 0. The highest BCUT2D eigenvalue weighted by Gasteiger charge is 2.30. The maximum absolute atomic E-state index is 14.1. The summed E-state index contributed by atoms with van der Waals surface area (Å²) >= 11 is 0. The first kappa shape index (κ1) is 20.0. The van der Waals surface area contributed by atoms with E-state index < -0.39 is 23.4 Å². The molecule has 0 saturated carbocycles. The van der Waals surface area contributed by atoms with Crippen LogP contribution >= 0.6 is 0 Å². The van der Waals surface area contributed by atoms with E-state index in [1.807, 2.05) is 6.92 Å². The van der Waals surface area contributed by atoms with Gasteiger partial charge < -0.3 is 0 Å². The molecule has 3 heterocycles. The summed E-state index contributed by atoms with van der Waals surface area (Å²) in [5.41, 5.74) is 0.710. The molecule has 30 heavy (non-hydrogen) atoms. The molecule has 0 N–H and O–H groups in total. The predicted octanol–water partition coefficient (Wildman–Crippen LogP) is 3.73. The fourth-order valence-electron chi connectivity index (χ4n) is 3.36. The second-order valence-electron chi connectivity index (χ2n) is 7.00. The minimum atomic E-state index is -4.41. The molecule has 4 rings (SSSR count). The summed E-state index contributed by atoms with van der Waals surface area (Å²) in [5, 5.41) is 4.17. The van der Waals surface area contributed by atoms with Crippen LogP contribution in [0.1, 0.15) is 35.6 Å². The molecule has 0 unspecified atom stereocenters. The summed E-state index contributed by atoms with van der Waals surface area (Å²) in [5.74, 6) is 0.0606. The van der Waals surface area contributed by atoms with Gasteiger partial charge in [0.1, 0.15) is 0 Å². The van der Waals surface area contributed by atoms with Crippen LogP contribution in [-0.2, 0) is 25.7 Å². The van der Waals surface area contributed by atoms with E-state index in [-0.39, 0.29) is 25.3 Å². The smallest absolute Gasteiger partial charge is 0.269 e. The molecule has 0 amide bonds. The zero-order valence-corrected chi connectivity index (χ0v) is 15.9. The number of hydrogen-bond acceptors (Lipinski definition) is 4. The average Bonchev–Trinajstić information content (AvgIpc) is 3.32. The number of nitrogens with zero attached hydrogens (tertiary/aromatic N) is 5. The normalized spacial score (nSPS) is 13.4. The van der Waals surface area contributed by atoms with Crippen LogP contribution in [0.2, 0.25) is 0 Å². The van der Waals surface area contributed by atoms with Crippen molar-refractivity contribution in [2.75, 3.05) is 0 Å². The van der Waals surface area contributed by atoms with Gasteiger partial charge in [-0.05, 0) is 24.1 Å². The Labute approximate surface area is 168 Å². The molecule has 1 aliphatic rings. The van der Waals surface area contributed by atoms with Gasteiger partial charge in [-0.25, -0.2) is 4.99 Å². The Bertz CT molecular complexity index is 1190. The number of aromatic nitrogens is 4. The van der Waals surface area contributed by atoms with Gasteiger partial charge in [-0.1, -0.05) is 19.1 Å². The van der Waals surface area contributed by atoms with Crippen molar-refractivity contribution in [1.82, 2.24) is 19.3 Å². The number of halogens is 4. The van der Waals surface area contributed by atoms with Gasteiger partial charge in [0, 0.05) is 24.7 Å². The highest BCUT2D eigenvalue weighted by atomic mass is 19.4.